The molecule has 0 fully saturated rings. The Hall–Kier alpha value is -0.640. The zero-order chi connectivity index (χ0) is 12.0. The van der Waals surface area contributed by atoms with Gasteiger partial charge in [0.1, 0.15) is 0 Å². The lowest BCUT2D eigenvalue weighted by molar-refractivity contribution is 0.474. The monoisotopic (exact) mass is 241 g/mol. The van der Waals surface area contributed by atoms with Crippen LogP contribution >= 0.6 is 11.6 Å². The van der Waals surface area contributed by atoms with Crippen molar-refractivity contribution in [3.05, 3.63) is 29.0 Å². The van der Waals surface area contributed by atoms with Crippen molar-refractivity contribution in [3.8, 4) is 0 Å². The molecule has 0 aromatic carbocycles. The second kappa shape index (κ2) is 6.84. The summed E-state index contributed by atoms with van der Waals surface area (Å²) in [6.45, 7) is 8.19. The van der Waals surface area contributed by atoms with E-state index in [0.717, 1.165) is 23.7 Å². The van der Waals surface area contributed by atoms with Crippen LogP contribution < -0.4 is 10.6 Å². The molecular weight excluding hydrogens is 222 g/mol. The average Bonchev–Trinajstić information content (AvgIpc) is 2.25. The molecule has 1 aromatic rings. The minimum absolute atomic E-state index is 0.423. The first-order valence-electron chi connectivity index (χ1n) is 5.64. The number of pyridine rings is 1. The summed E-state index contributed by atoms with van der Waals surface area (Å²) in [7, 11) is 0. The highest BCUT2D eigenvalue weighted by molar-refractivity contribution is 6.31. The lowest BCUT2D eigenvalue weighted by atomic mass is 10.2. The van der Waals surface area contributed by atoms with Crippen LogP contribution in [0.2, 0.25) is 5.02 Å². The smallest absolute Gasteiger partial charge is 0.0634 e. The van der Waals surface area contributed by atoms with Crippen LogP contribution in [0.3, 0.4) is 0 Å². The molecule has 0 saturated carbocycles. The maximum atomic E-state index is 6.02. The Kier molecular flexibility index (Phi) is 5.74. The van der Waals surface area contributed by atoms with Gasteiger partial charge in [-0.2, -0.15) is 0 Å². The number of nitrogens with zero attached hydrogens (tertiary/aromatic N) is 1. The molecule has 1 atom stereocenters. The highest BCUT2D eigenvalue weighted by atomic mass is 35.5. The van der Waals surface area contributed by atoms with E-state index in [1.807, 2.05) is 6.07 Å². The van der Waals surface area contributed by atoms with E-state index < -0.39 is 0 Å². The van der Waals surface area contributed by atoms with Crippen LogP contribution in [0.1, 0.15) is 26.3 Å². The van der Waals surface area contributed by atoms with Gasteiger partial charge in [0, 0.05) is 37.6 Å². The van der Waals surface area contributed by atoms with Gasteiger partial charge in [0.2, 0.25) is 0 Å². The summed E-state index contributed by atoms with van der Waals surface area (Å²) in [5.74, 6) is 0. The first kappa shape index (κ1) is 13.4. The normalized spacial score (nSPS) is 13.1. The van der Waals surface area contributed by atoms with Gasteiger partial charge >= 0.3 is 0 Å². The molecule has 0 amide bonds. The highest BCUT2D eigenvalue weighted by Gasteiger charge is 2.04. The summed E-state index contributed by atoms with van der Waals surface area (Å²) in [4.78, 5) is 3.96. The van der Waals surface area contributed by atoms with Gasteiger partial charge < -0.3 is 10.6 Å². The molecular formula is C12H20ClN3. The number of halogens is 1. The first-order chi connectivity index (χ1) is 7.59. The molecule has 90 valence electrons. The van der Waals surface area contributed by atoms with Crippen molar-refractivity contribution in [2.45, 2.75) is 39.4 Å². The van der Waals surface area contributed by atoms with Gasteiger partial charge in [0.05, 0.1) is 5.02 Å². The Balaban J connectivity index is 2.31. The highest BCUT2D eigenvalue weighted by Crippen LogP contribution is 2.12. The first-order valence-corrected chi connectivity index (χ1v) is 6.02. The van der Waals surface area contributed by atoms with E-state index in [1.54, 1.807) is 12.4 Å². The van der Waals surface area contributed by atoms with Crippen LogP contribution in [0.4, 0.5) is 0 Å². The fourth-order valence-electron chi connectivity index (χ4n) is 1.32. The third-order valence-corrected chi connectivity index (χ3v) is 2.67. The zero-order valence-electron chi connectivity index (χ0n) is 10.1. The summed E-state index contributed by atoms with van der Waals surface area (Å²) < 4.78 is 0. The third-order valence-electron chi connectivity index (χ3n) is 2.33. The number of rotatable bonds is 6. The lowest BCUT2D eigenvalue weighted by Gasteiger charge is -2.16. The van der Waals surface area contributed by atoms with E-state index in [1.165, 1.54) is 0 Å². The van der Waals surface area contributed by atoms with Crippen LogP contribution in [-0.4, -0.2) is 23.6 Å². The molecule has 0 aliphatic rings. The maximum Gasteiger partial charge on any atom is 0.0634 e. The average molecular weight is 242 g/mol. The van der Waals surface area contributed by atoms with Crippen LogP contribution in [0.15, 0.2) is 18.5 Å². The molecule has 0 aliphatic carbocycles. The molecule has 0 spiro atoms. The molecule has 0 radical (unpaired) electrons. The maximum absolute atomic E-state index is 6.02. The van der Waals surface area contributed by atoms with Crippen LogP contribution in [-0.2, 0) is 6.54 Å². The van der Waals surface area contributed by atoms with E-state index in [0.29, 0.717) is 12.1 Å². The molecule has 1 aromatic heterocycles. The minimum Gasteiger partial charge on any atom is -0.313 e. The molecule has 1 unspecified atom stereocenters. The Morgan fingerprint density at radius 3 is 2.69 bits per heavy atom. The molecule has 0 bridgehead atoms. The number of hydrogen-bond acceptors (Lipinski definition) is 3. The van der Waals surface area contributed by atoms with Gasteiger partial charge in [0.15, 0.2) is 0 Å². The number of hydrogen-bond donors (Lipinski definition) is 2. The summed E-state index contributed by atoms with van der Waals surface area (Å²) in [6.07, 6.45) is 3.44. The SMILES string of the molecule is CC(C)NCC(C)NCc1ccncc1Cl. The molecule has 1 heterocycles. The molecule has 16 heavy (non-hydrogen) atoms. The summed E-state index contributed by atoms with van der Waals surface area (Å²) >= 11 is 6.02. The van der Waals surface area contributed by atoms with E-state index >= 15 is 0 Å². The van der Waals surface area contributed by atoms with E-state index in [-0.39, 0.29) is 0 Å². The van der Waals surface area contributed by atoms with E-state index in [4.69, 9.17) is 11.6 Å². The summed E-state index contributed by atoms with van der Waals surface area (Å²) in [5, 5.41) is 7.53. The van der Waals surface area contributed by atoms with Gasteiger partial charge in [0.25, 0.3) is 0 Å². The van der Waals surface area contributed by atoms with Gasteiger partial charge in [-0.05, 0) is 18.6 Å². The van der Waals surface area contributed by atoms with Crippen LogP contribution in [0, 0.1) is 0 Å². The molecule has 2 N–H and O–H groups in total. The van der Waals surface area contributed by atoms with Crippen molar-refractivity contribution in [1.82, 2.24) is 15.6 Å². The Labute approximate surface area is 103 Å². The fourth-order valence-corrected chi connectivity index (χ4v) is 1.50. The van der Waals surface area contributed by atoms with Crippen molar-refractivity contribution < 1.29 is 0 Å². The molecule has 4 heteroatoms. The third kappa shape index (κ3) is 4.92. The largest absolute Gasteiger partial charge is 0.313 e. The van der Waals surface area contributed by atoms with Crippen molar-refractivity contribution in [1.29, 1.82) is 0 Å². The van der Waals surface area contributed by atoms with E-state index in [9.17, 15) is 0 Å². The van der Waals surface area contributed by atoms with E-state index in [2.05, 4.69) is 36.4 Å². The quantitative estimate of drug-likeness (QED) is 0.802. The zero-order valence-corrected chi connectivity index (χ0v) is 10.9. The van der Waals surface area contributed by atoms with Crippen molar-refractivity contribution >= 4 is 11.6 Å². The topological polar surface area (TPSA) is 37.0 Å². The standard InChI is InChI=1S/C12H20ClN3/c1-9(2)15-6-10(3)16-7-11-4-5-14-8-12(11)13/h4-5,8-10,15-16H,6-7H2,1-3H3. The number of nitrogens with one attached hydrogen (secondary N) is 2. The Morgan fingerprint density at radius 1 is 1.31 bits per heavy atom. The Morgan fingerprint density at radius 2 is 2.06 bits per heavy atom. The minimum atomic E-state index is 0.423. The van der Waals surface area contributed by atoms with Gasteiger partial charge in [-0.3, -0.25) is 4.98 Å². The predicted molar refractivity (Wildman–Crippen MR) is 68.7 cm³/mol. The van der Waals surface area contributed by atoms with Crippen LogP contribution in [0.25, 0.3) is 0 Å². The van der Waals surface area contributed by atoms with Crippen LogP contribution in [0.5, 0.6) is 0 Å². The summed E-state index contributed by atoms with van der Waals surface area (Å²) in [5.41, 5.74) is 1.09. The van der Waals surface area contributed by atoms with Crippen molar-refractivity contribution in [2.75, 3.05) is 6.54 Å². The fraction of sp³-hybridized carbons (Fsp3) is 0.583. The van der Waals surface area contributed by atoms with Crippen molar-refractivity contribution in [2.24, 2.45) is 0 Å². The molecule has 0 aliphatic heterocycles. The second-order valence-corrected chi connectivity index (χ2v) is 4.72. The second-order valence-electron chi connectivity index (χ2n) is 4.31. The van der Waals surface area contributed by atoms with Gasteiger partial charge in [-0.1, -0.05) is 25.4 Å². The van der Waals surface area contributed by atoms with Gasteiger partial charge in [-0.15, -0.1) is 0 Å². The molecule has 0 saturated heterocycles. The number of aromatic nitrogens is 1. The molecule has 1 rings (SSSR count). The predicted octanol–water partition coefficient (Wildman–Crippen LogP) is 2.21. The molecule has 3 nitrogen and oxygen atoms in total. The lowest BCUT2D eigenvalue weighted by Crippen LogP contribution is -2.38. The van der Waals surface area contributed by atoms with Crippen molar-refractivity contribution in [3.63, 3.8) is 0 Å². The van der Waals surface area contributed by atoms with Gasteiger partial charge in [-0.25, -0.2) is 0 Å². The Bertz CT molecular complexity index is 315. The summed E-state index contributed by atoms with van der Waals surface area (Å²) in [6, 6.07) is 2.89.